The zero-order valence-electron chi connectivity index (χ0n) is 12.5. The minimum absolute atomic E-state index is 0.0474. The number of hydrogen-bond donors (Lipinski definition) is 0. The molecule has 0 unspecified atom stereocenters. The van der Waals surface area contributed by atoms with Crippen molar-refractivity contribution in [1.82, 2.24) is 9.55 Å². The number of methoxy groups -OCH3 is 1. The lowest BCUT2D eigenvalue weighted by molar-refractivity contribution is -0.274. The summed E-state index contributed by atoms with van der Waals surface area (Å²) in [5.74, 6) is -0.960. The highest BCUT2D eigenvalue weighted by atomic mass is 35.5. The first-order chi connectivity index (χ1) is 11.8. The fourth-order valence-corrected chi connectivity index (χ4v) is 2.45. The summed E-state index contributed by atoms with van der Waals surface area (Å²) in [6, 6.07) is 11.9. The quantitative estimate of drug-likeness (QED) is 0.657. The van der Waals surface area contributed by atoms with Gasteiger partial charge in [-0.15, -0.1) is 13.2 Å². The molecule has 3 aromatic rings. The van der Waals surface area contributed by atoms with Crippen molar-refractivity contribution >= 4 is 28.6 Å². The third-order valence-electron chi connectivity index (χ3n) is 3.19. The Hall–Kier alpha value is -2.92. The summed E-state index contributed by atoms with van der Waals surface area (Å²) >= 11 is 6.10. The van der Waals surface area contributed by atoms with E-state index in [0.29, 0.717) is 16.7 Å². The number of alkyl halides is 3. The van der Waals surface area contributed by atoms with Crippen LogP contribution in [0, 0.1) is 12.1 Å². The predicted molar refractivity (Wildman–Crippen MR) is 81.8 cm³/mol. The van der Waals surface area contributed by atoms with Crippen LogP contribution in [0.1, 0.15) is 10.4 Å². The lowest BCUT2D eigenvalue weighted by Gasteiger charge is -2.10. The molecule has 3 rings (SSSR count). The number of hydrogen-bond acceptors (Lipinski definition) is 4. The van der Waals surface area contributed by atoms with Crippen molar-refractivity contribution in [1.29, 1.82) is 0 Å². The van der Waals surface area contributed by atoms with Crippen LogP contribution in [0.25, 0.3) is 16.7 Å². The third kappa shape index (κ3) is 3.46. The number of fused-ring (bicyclic) bond motifs is 1. The van der Waals surface area contributed by atoms with Crippen LogP contribution in [-0.2, 0) is 4.74 Å². The Kier molecular flexibility index (Phi) is 4.18. The standard InChI is InChI=1S/C16H8ClF3N2O3/c1-24-14(23)9-2-7-13-12(8-9)21-15(17)22(13)10-3-5-11(6-4-10)25-16(18,19)20/h3-6,8H,1H3. The van der Waals surface area contributed by atoms with Crippen LogP contribution in [0.2, 0.25) is 5.28 Å². The Morgan fingerprint density at radius 1 is 1.24 bits per heavy atom. The Labute approximate surface area is 144 Å². The van der Waals surface area contributed by atoms with E-state index in [-0.39, 0.29) is 16.6 Å². The van der Waals surface area contributed by atoms with Gasteiger partial charge in [0.15, 0.2) is 0 Å². The lowest BCUT2D eigenvalue weighted by Crippen LogP contribution is -2.17. The number of ether oxygens (including phenoxy) is 2. The van der Waals surface area contributed by atoms with E-state index in [2.05, 4.69) is 26.6 Å². The summed E-state index contributed by atoms with van der Waals surface area (Å²) in [4.78, 5) is 15.6. The molecule has 0 bridgehead atoms. The normalized spacial score (nSPS) is 11.2. The van der Waals surface area contributed by atoms with Crippen LogP contribution >= 0.6 is 11.6 Å². The first-order valence-electron chi connectivity index (χ1n) is 6.75. The molecule has 0 radical (unpaired) electrons. The van der Waals surface area contributed by atoms with Crippen LogP contribution in [0.4, 0.5) is 13.2 Å². The smallest absolute Gasteiger partial charge is 0.465 e. The second kappa shape index (κ2) is 6.18. The Balaban J connectivity index is 2.01. The number of imidazole rings is 1. The first-order valence-corrected chi connectivity index (χ1v) is 7.13. The average Bonchev–Trinajstić information content (AvgIpc) is 2.88. The van der Waals surface area contributed by atoms with Crippen LogP contribution in [0.15, 0.2) is 30.3 Å². The fraction of sp³-hybridized carbons (Fsp3) is 0.125. The topological polar surface area (TPSA) is 53.3 Å². The van der Waals surface area contributed by atoms with Gasteiger partial charge in [0.1, 0.15) is 22.3 Å². The molecule has 1 aromatic heterocycles. The molecule has 0 spiro atoms. The number of rotatable bonds is 3. The summed E-state index contributed by atoms with van der Waals surface area (Å²) in [5, 5.41) is 0.0474. The summed E-state index contributed by atoms with van der Waals surface area (Å²) < 4.78 is 46.5. The van der Waals surface area contributed by atoms with Gasteiger partial charge in [0.2, 0.25) is 5.28 Å². The number of esters is 1. The Morgan fingerprint density at radius 2 is 1.92 bits per heavy atom. The van der Waals surface area contributed by atoms with E-state index >= 15 is 0 Å². The number of nitrogens with zero attached hydrogens (tertiary/aromatic N) is 2. The molecular weight excluding hydrogens is 361 g/mol. The molecule has 1 heterocycles. The summed E-state index contributed by atoms with van der Waals surface area (Å²) in [5.41, 5.74) is 1.34. The monoisotopic (exact) mass is 368 g/mol. The summed E-state index contributed by atoms with van der Waals surface area (Å²) in [7, 11) is 1.23. The molecule has 0 N–H and O–H groups in total. The Morgan fingerprint density at radius 3 is 2.52 bits per heavy atom. The molecule has 0 atom stereocenters. The minimum atomic E-state index is -4.77. The Bertz CT molecular complexity index is 936. The van der Waals surface area contributed by atoms with Crippen molar-refractivity contribution in [2.75, 3.05) is 7.11 Å². The number of halogens is 4. The molecular formula is C16H8ClF3N2O3. The van der Waals surface area contributed by atoms with E-state index in [1.165, 1.54) is 29.9 Å². The van der Waals surface area contributed by atoms with E-state index in [4.69, 9.17) is 11.6 Å². The van der Waals surface area contributed by atoms with E-state index in [0.717, 1.165) is 12.1 Å². The minimum Gasteiger partial charge on any atom is -0.465 e. The molecule has 5 nitrogen and oxygen atoms in total. The van der Waals surface area contributed by atoms with Crippen molar-refractivity contribution in [2.24, 2.45) is 0 Å². The van der Waals surface area contributed by atoms with E-state index in [1.807, 2.05) is 0 Å². The lowest BCUT2D eigenvalue weighted by atomic mass is 10.2. The van der Waals surface area contributed by atoms with Gasteiger partial charge < -0.3 is 9.47 Å². The van der Waals surface area contributed by atoms with Crippen LogP contribution in [-0.4, -0.2) is 29.0 Å². The maximum absolute atomic E-state index is 12.2. The molecule has 25 heavy (non-hydrogen) atoms. The summed E-state index contributed by atoms with van der Waals surface area (Å²) in [6.45, 7) is 0. The van der Waals surface area contributed by atoms with E-state index < -0.39 is 12.3 Å². The van der Waals surface area contributed by atoms with Gasteiger partial charge >= 0.3 is 12.3 Å². The zero-order chi connectivity index (χ0) is 18.2. The van der Waals surface area contributed by atoms with Gasteiger partial charge in [-0.3, -0.25) is 4.57 Å². The highest BCUT2D eigenvalue weighted by Gasteiger charge is 2.31. The van der Waals surface area contributed by atoms with Crippen LogP contribution in [0.5, 0.6) is 5.75 Å². The molecule has 9 heteroatoms. The maximum atomic E-state index is 12.2. The molecule has 0 saturated heterocycles. The number of aromatic nitrogens is 2. The highest BCUT2D eigenvalue weighted by Crippen LogP contribution is 2.27. The maximum Gasteiger partial charge on any atom is 0.573 e. The highest BCUT2D eigenvalue weighted by molar-refractivity contribution is 6.29. The second-order valence-electron chi connectivity index (χ2n) is 4.79. The van der Waals surface area contributed by atoms with Gasteiger partial charge in [-0.05, 0) is 48.0 Å². The molecule has 0 aliphatic carbocycles. The SMILES string of the molecule is COC(=O)c1c#cc2c(c1)nc(Cl)n2-c1ccc(OC(F)(F)F)cc1. The zero-order valence-corrected chi connectivity index (χ0v) is 13.3. The number of carbonyl (C=O) groups is 1. The molecule has 0 aliphatic heterocycles. The van der Waals surface area contributed by atoms with Gasteiger partial charge in [0.05, 0.1) is 7.11 Å². The van der Waals surface area contributed by atoms with Crippen LogP contribution < -0.4 is 4.74 Å². The van der Waals surface area contributed by atoms with Gasteiger partial charge in [-0.1, -0.05) is 6.07 Å². The third-order valence-corrected chi connectivity index (χ3v) is 3.45. The predicted octanol–water partition coefficient (Wildman–Crippen LogP) is 3.96. The molecule has 0 amide bonds. The molecule has 0 saturated carbocycles. The average molecular weight is 369 g/mol. The summed E-state index contributed by atoms with van der Waals surface area (Å²) in [6.07, 6.45) is -4.77. The van der Waals surface area contributed by atoms with E-state index in [9.17, 15) is 18.0 Å². The van der Waals surface area contributed by atoms with Gasteiger partial charge in [-0.25, -0.2) is 9.78 Å². The number of carbonyl (C=O) groups excluding carboxylic acids is 1. The van der Waals surface area contributed by atoms with Gasteiger partial charge in [0, 0.05) is 5.69 Å². The van der Waals surface area contributed by atoms with Crippen molar-refractivity contribution < 1.29 is 27.4 Å². The fourth-order valence-electron chi connectivity index (χ4n) is 2.18. The van der Waals surface area contributed by atoms with Gasteiger partial charge in [-0.2, -0.15) is 0 Å². The second-order valence-corrected chi connectivity index (χ2v) is 5.13. The van der Waals surface area contributed by atoms with Crippen molar-refractivity contribution in [2.45, 2.75) is 6.36 Å². The van der Waals surface area contributed by atoms with Crippen molar-refractivity contribution in [3.8, 4) is 11.4 Å². The molecule has 128 valence electrons. The van der Waals surface area contributed by atoms with Gasteiger partial charge in [0.25, 0.3) is 0 Å². The van der Waals surface area contributed by atoms with Crippen molar-refractivity contribution in [3.05, 3.63) is 53.3 Å². The molecule has 0 aliphatic rings. The first kappa shape index (κ1) is 16.9. The number of benzene rings is 1. The molecule has 2 aromatic carbocycles. The largest absolute Gasteiger partial charge is 0.573 e. The van der Waals surface area contributed by atoms with Crippen LogP contribution in [0.3, 0.4) is 0 Å². The molecule has 0 fully saturated rings. The van der Waals surface area contributed by atoms with Crippen molar-refractivity contribution in [3.63, 3.8) is 0 Å². The van der Waals surface area contributed by atoms with E-state index in [1.54, 1.807) is 0 Å².